The Morgan fingerprint density at radius 2 is 1.90 bits per heavy atom. The van der Waals surface area contributed by atoms with Gasteiger partial charge in [-0.25, -0.2) is 0 Å². The number of fused-ring (bicyclic) bond motifs is 1. The number of benzene rings is 2. The van der Waals surface area contributed by atoms with Crippen LogP contribution in [0.2, 0.25) is 0 Å². The molecule has 0 saturated carbocycles. The number of anilines is 1. The van der Waals surface area contributed by atoms with Gasteiger partial charge in [-0.15, -0.1) is 0 Å². The van der Waals surface area contributed by atoms with Crippen molar-refractivity contribution in [3.63, 3.8) is 0 Å². The summed E-state index contributed by atoms with van der Waals surface area (Å²) in [6, 6.07) is 16.3. The summed E-state index contributed by atoms with van der Waals surface area (Å²) >= 11 is 0. The van der Waals surface area contributed by atoms with Gasteiger partial charge in [0.2, 0.25) is 0 Å². The molecule has 21 heavy (non-hydrogen) atoms. The third-order valence-corrected chi connectivity index (χ3v) is 4.18. The molecule has 0 bridgehead atoms. The molecule has 0 amide bonds. The number of carbonyl (C=O) groups is 1. The van der Waals surface area contributed by atoms with Gasteiger partial charge in [-0.1, -0.05) is 55.8 Å². The molecule has 0 saturated heterocycles. The van der Waals surface area contributed by atoms with Crippen molar-refractivity contribution < 1.29 is 4.79 Å². The van der Waals surface area contributed by atoms with E-state index >= 15 is 0 Å². The van der Waals surface area contributed by atoms with E-state index in [1.807, 2.05) is 24.3 Å². The van der Waals surface area contributed by atoms with Crippen LogP contribution in [0.15, 0.2) is 48.5 Å². The summed E-state index contributed by atoms with van der Waals surface area (Å²) in [4.78, 5) is 12.8. The first-order chi connectivity index (χ1) is 10.3. The van der Waals surface area contributed by atoms with Gasteiger partial charge >= 0.3 is 0 Å². The van der Waals surface area contributed by atoms with Crippen LogP contribution < -0.4 is 5.32 Å². The predicted molar refractivity (Wildman–Crippen MR) is 87.1 cm³/mol. The molecule has 2 aromatic rings. The van der Waals surface area contributed by atoms with E-state index in [2.05, 4.69) is 36.5 Å². The minimum Gasteiger partial charge on any atom is -0.385 e. The third-order valence-electron chi connectivity index (χ3n) is 4.18. The number of hydrogen-bond acceptors (Lipinski definition) is 2. The molecule has 1 unspecified atom stereocenters. The van der Waals surface area contributed by atoms with Crippen LogP contribution in [0.1, 0.15) is 47.2 Å². The van der Waals surface area contributed by atoms with Crippen LogP contribution in [0.25, 0.3) is 0 Å². The minimum atomic E-state index is -0.0144. The van der Waals surface area contributed by atoms with Gasteiger partial charge in [-0.3, -0.25) is 4.79 Å². The molecule has 0 radical (unpaired) electrons. The van der Waals surface area contributed by atoms with Crippen LogP contribution in [0.5, 0.6) is 0 Å². The van der Waals surface area contributed by atoms with Crippen molar-refractivity contribution in [3.8, 4) is 0 Å². The Morgan fingerprint density at radius 1 is 1.14 bits per heavy atom. The van der Waals surface area contributed by atoms with E-state index in [1.165, 1.54) is 5.56 Å². The second-order valence-corrected chi connectivity index (χ2v) is 5.67. The highest BCUT2D eigenvalue weighted by molar-refractivity contribution is 6.02. The standard InChI is InChI=1S/C19H21NO/c1-2-5-14-8-10-15(11-9-14)19(21)17-12-13-20-18-7-4-3-6-16(17)18/h3-4,6-11,17,20H,2,5,12-13H2,1H3. The SMILES string of the molecule is CCCc1ccc(C(=O)C2CCNc3ccccc32)cc1. The number of para-hydroxylation sites is 1. The van der Waals surface area contributed by atoms with Crippen molar-refractivity contribution in [2.45, 2.75) is 32.1 Å². The molecule has 0 aliphatic carbocycles. The number of Topliss-reactive ketones (excluding diaryl/α,β-unsaturated/α-hetero) is 1. The first-order valence-electron chi connectivity index (χ1n) is 7.75. The Morgan fingerprint density at radius 3 is 2.67 bits per heavy atom. The number of aryl methyl sites for hydroxylation is 1. The smallest absolute Gasteiger partial charge is 0.170 e. The lowest BCUT2D eigenvalue weighted by atomic mass is 9.84. The van der Waals surface area contributed by atoms with Crippen LogP contribution >= 0.6 is 0 Å². The summed E-state index contributed by atoms with van der Waals surface area (Å²) < 4.78 is 0. The molecular weight excluding hydrogens is 258 g/mol. The van der Waals surface area contributed by atoms with Gasteiger partial charge in [0.25, 0.3) is 0 Å². The van der Waals surface area contributed by atoms with Gasteiger partial charge in [0, 0.05) is 17.8 Å². The van der Waals surface area contributed by atoms with Crippen LogP contribution in [-0.2, 0) is 6.42 Å². The monoisotopic (exact) mass is 279 g/mol. The summed E-state index contributed by atoms with van der Waals surface area (Å²) in [5, 5.41) is 3.37. The summed E-state index contributed by atoms with van der Waals surface area (Å²) in [5.74, 6) is 0.228. The minimum absolute atomic E-state index is 0.0144. The van der Waals surface area contributed by atoms with Crippen molar-refractivity contribution in [2.24, 2.45) is 0 Å². The number of rotatable bonds is 4. The highest BCUT2D eigenvalue weighted by Crippen LogP contribution is 2.33. The zero-order valence-electron chi connectivity index (χ0n) is 12.4. The zero-order chi connectivity index (χ0) is 14.7. The summed E-state index contributed by atoms with van der Waals surface area (Å²) in [7, 11) is 0. The highest BCUT2D eigenvalue weighted by Gasteiger charge is 2.26. The van der Waals surface area contributed by atoms with E-state index in [9.17, 15) is 4.79 Å². The fourth-order valence-electron chi connectivity index (χ4n) is 3.07. The van der Waals surface area contributed by atoms with Crippen molar-refractivity contribution in [1.29, 1.82) is 0 Å². The first-order valence-corrected chi connectivity index (χ1v) is 7.75. The maximum Gasteiger partial charge on any atom is 0.170 e. The van der Waals surface area contributed by atoms with Gasteiger partial charge in [-0.05, 0) is 30.0 Å². The molecule has 2 heteroatoms. The van der Waals surface area contributed by atoms with Crippen LogP contribution in [0.3, 0.4) is 0 Å². The lowest BCUT2D eigenvalue weighted by Crippen LogP contribution is -2.23. The Bertz CT molecular complexity index is 630. The number of carbonyl (C=O) groups excluding carboxylic acids is 1. The molecular formula is C19H21NO. The van der Waals surface area contributed by atoms with E-state index in [0.29, 0.717) is 0 Å². The largest absolute Gasteiger partial charge is 0.385 e. The van der Waals surface area contributed by atoms with E-state index < -0.39 is 0 Å². The number of ketones is 1. The molecule has 2 aromatic carbocycles. The van der Waals surface area contributed by atoms with Gasteiger partial charge < -0.3 is 5.32 Å². The summed E-state index contributed by atoms with van der Waals surface area (Å²) in [6.07, 6.45) is 3.08. The second-order valence-electron chi connectivity index (χ2n) is 5.67. The van der Waals surface area contributed by atoms with Gasteiger partial charge in [0.05, 0.1) is 5.92 Å². The average molecular weight is 279 g/mol. The highest BCUT2D eigenvalue weighted by atomic mass is 16.1. The lowest BCUT2D eigenvalue weighted by Gasteiger charge is -2.25. The molecule has 1 N–H and O–H groups in total. The molecule has 0 fully saturated rings. The normalized spacial score (nSPS) is 16.9. The van der Waals surface area contributed by atoms with Gasteiger partial charge in [-0.2, -0.15) is 0 Å². The Balaban J connectivity index is 1.86. The quantitative estimate of drug-likeness (QED) is 0.839. The van der Waals surface area contributed by atoms with Gasteiger partial charge in [0.1, 0.15) is 0 Å². The lowest BCUT2D eigenvalue weighted by molar-refractivity contribution is 0.0955. The van der Waals surface area contributed by atoms with Gasteiger partial charge in [0.15, 0.2) is 5.78 Å². The molecule has 2 nitrogen and oxygen atoms in total. The molecule has 0 aromatic heterocycles. The van der Waals surface area contributed by atoms with E-state index in [-0.39, 0.29) is 11.7 Å². The van der Waals surface area contributed by atoms with Crippen LogP contribution in [-0.4, -0.2) is 12.3 Å². The molecule has 1 heterocycles. The van der Waals surface area contributed by atoms with Crippen molar-refractivity contribution in [2.75, 3.05) is 11.9 Å². The molecule has 108 valence electrons. The molecule has 1 aliphatic heterocycles. The maximum atomic E-state index is 12.8. The summed E-state index contributed by atoms with van der Waals surface area (Å²) in [6.45, 7) is 3.03. The first kappa shape index (κ1) is 13.9. The van der Waals surface area contributed by atoms with E-state index in [1.54, 1.807) is 0 Å². The number of nitrogens with one attached hydrogen (secondary N) is 1. The van der Waals surface area contributed by atoms with E-state index in [4.69, 9.17) is 0 Å². The second kappa shape index (κ2) is 6.13. The van der Waals surface area contributed by atoms with E-state index in [0.717, 1.165) is 42.6 Å². The van der Waals surface area contributed by atoms with Crippen LogP contribution in [0.4, 0.5) is 5.69 Å². The zero-order valence-corrected chi connectivity index (χ0v) is 12.4. The Kier molecular flexibility index (Phi) is 4.05. The fraction of sp³-hybridized carbons (Fsp3) is 0.316. The molecule has 0 spiro atoms. The number of hydrogen-bond donors (Lipinski definition) is 1. The Labute approximate surface area is 126 Å². The predicted octanol–water partition coefficient (Wildman–Crippen LogP) is 4.42. The Hall–Kier alpha value is -2.09. The van der Waals surface area contributed by atoms with Crippen LogP contribution in [0, 0.1) is 0 Å². The fourth-order valence-corrected chi connectivity index (χ4v) is 3.07. The molecule has 3 rings (SSSR count). The van der Waals surface area contributed by atoms with Crippen molar-refractivity contribution >= 4 is 11.5 Å². The average Bonchev–Trinajstić information content (AvgIpc) is 2.55. The van der Waals surface area contributed by atoms with Crippen molar-refractivity contribution in [1.82, 2.24) is 0 Å². The maximum absolute atomic E-state index is 12.8. The third kappa shape index (κ3) is 2.85. The van der Waals surface area contributed by atoms with Crippen molar-refractivity contribution in [3.05, 3.63) is 65.2 Å². The molecule has 1 aliphatic rings. The topological polar surface area (TPSA) is 29.1 Å². The molecule has 1 atom stereocenters. The summed E-state index contributed by atoms with van der Waals surface area (Å²) in [5.41, 5.74) is 4.37.